The van der Waals surface area contributed by atoms with E-state index in [0.29, 0.717) is 23.1 Å². The van der Waals surface area contributed by atoms with Crippen molar-refractivity contribution >= 4 is 44.0 Å². The van der Waals surface area contributed by atoms with Crippen molar-refractivity contribution in [3.8, 4) is 0 Å². The summed E-state index contributed by atoms with van der Waals surface area (Å²) in [7, 11) is -3.61. The highest BCUT2D eigenvalue weighted by molar-refractivity contribution is 7.89. The number of nitrogens with one attached hydrogen (secondary N) is 2. The van der Waals surface area contributed by atoms with Gasteiger partial charge in [-0.3, -0.25) is 9.59 Å². The number of carbonyl (C=O) groups is 2. The second kappa shape index (κ2) is 10.2. The van der Waals surface area contributed by atoms with Gasteiger partial charge in [-0.25, -0.2) is 13.1 Å². The molecule has 3 aromatic rings. The molecule has 2 heterocycles. The van der Waals surface area contributed by atoms with E-state index in [2.05, 4.69) is 20.2 Å². The molecule has 35 heavy (non-hydrogen) atoms. The van der Waals surface area contributed by atoms with Gasteiger partial charge in [0.1, 0.15) is 5.01 Å². The molecule has 2 aromatic carbocycles. The SMILES string of the molecule is Cc1ccc(S(=O)(=O)NCCc2nnc(NC(=O)C3CC(=O)N(c4ccc(C)cc4C)C3)s2)cc1. The van der Waals surface area contributed by atoms with Crippen LogP contribution in [0.5, 0.6) is 0 Å². The van der Waals surface area contributed by atoms with Crippen LogP contribution in [0.3, 0.4) is 0 Å². The summed E-state index contributed by atoms with van der Waals surface area (Å²) in [6, 6.07) is 12.5. The fourth-order valence-corrected chi connectivity index (χ4v) is 5.70. The molecule has 0 spiro atoms. The van der Waals surface area contributed by atoms with Gasteiger partial charge in [0, 0.05) is 31.6 Å². The van der Waals surface area contributed by atoms with E-state index in [1.807, 2.05) is 39.0 Å². The minimum Gasteiger partial charge on any atom is -0.311 e. The Hall–Kier alpha value is -3.15. The lowest BCUT2D eigenvalue weighted by Gasteiger charge is -2.19. The lowest BCUT2D eigenvalue weighted by molar-refractivity contribution is -0.122. The van der Waals surface area contributed by atoms with Crippen LogP contribution >= 0.6 is 11.3 Å². The van der Waals surface area contributed by atoms with E-state index in [9.17, 15) is 18.0 Å². The van der Waals surface area contributed by atoms with Crippen LogP contribution in [-0.2, 0) is 26.0 Å². The largest absolute Gasteiger partial charge is 0.311 e. The lowest BCUT2D eigenvalue weighted by Crippen LogP contribution is -2.28. The Labute approximate surface area is 208 Å². The van der Waals surface area contributed by atoms with Crippen molar-refractivity contribution in [2.75, 3.05) is 23.3 Å². The van der Waals surface area contributed by atoms with E-state index in [0.717, 1.165) is 22.4 Å². The molecule has 184 valence electrons. The van der Waals surface area contributed by atoms with Crippen LogP contribution in [0.4, 0.5) is 10.8 Å². The van der Waals surface area contributed by atoms with Gasteiger partial charge in [0.15, 0.2) is 0 Å². The van der Waals surface area contributed by atoms with Crippen molar-refractivity contribution in [2.45, 2.75) is 38.5 Å². The molecule has 1 aromatic heterocycles. The molecule has 0 aliphatic carbocycles. The molecule has 9 nitrogen and oxygen atoms in total. The molecule has 1 atom stereocenters. The van der Waals surface area contributed by atoms with Gasteiger partial charge in [0.05, 0.1) is 10.8 Å². The highest BCUT2D eigenvalue weighted by Crippen LogP contribution is 2.29. The molecule has 1 aliphatic heterocycles. The van der Waals surface area contributed by atoms with E-state index in [4.69, 9.17) is 0 Å². The van der Waals surface area contributed by atoms with Crippen molar-refractivity contribution in [2.24, 2.45) is 5.92 Å². The molecule has 0 radical (unpaired) electrons. The van der Waals surface area contributed by atoms with E-state index in [1.54, 1.807) is 29.2 Å². The molecule has 11 heteroatoms. The Morgan fingerprint density at radius 2 is 1.80 bits per heavy atom. The van der Waals surface area contributed by atoms with Crippen molar-refractivity contribution in [1.82, 2.24) is 14.9 Å². The third kappa shape index (κ3) is 5.92. The summed E-state index contributed by atoms with van der Waals surface area (Å²) >= 11 is 1.18. The average Bonchev–Trinajstić information content (AvgIpc) is 3.40. The first-order chi connectivity index (χ1) is 16.6. The molecule has 0 saturated carbocycles. The van der Waals surface area contributed by atoms with Gasteiger partial charge in [0.25, 0.3) is 0 Å². The maximum absolute atomic E-state index is 12.8. The third-order valence-corrected chi connectivity index (χ3v) is 8.17. The zero-order valence-electron chi connectivity index (χ0n) is 19.7. The van der Waals surface area contributed by atoms with Crippen LogP contribution in [0.2, 0.25) is 0 Å². The summed E-state index contributed by atoms with van der Waals surface area (Å²) in [5, 5.41) is 11.7. The molecule has 2 amide bonds. The van der Waals surface area contributed by atoms with Crippen LogP contribution in [0.25, 0.3) is 0 Å². The molecule has 1 aliphatic rings. The fourth-order valence-electron chi connectivity index (χ4n) is 3.93. The second-order valence-corrected chi connectivity index (χ2v) is 11.5. The molecule has 1 fully saturated rings. The first kappa shape index (κ1) is 25.0. The molecule has 0 bridgehead atoms. The van der Waals surface area contributed by atoms with Crippen LogP contribution in [0, 0.1) is 26.7 Å². The normalized spacial score (nSPS) is 16.0. The predicted octanol–water partition coefficient (Wildman–Crippen LogP) is 2.98. The van der Waals surface area contributed by atoms with Crippen molar-refractivity contribution in [1.29, 1.82) is 0 Å². The quantitative estimate of drug-likeness (QED) is 0.478. The highest BCUT2D eigenvalue weighted by Gasteiger charge is 2.36. The number of sulfonamides is 1. The van der Waals surface area contributed by atoms with Gasteiger partial charge < -0.3 is 10.2 Å². The van der Waals surface area contributed by atoms with E-state index in [1.165, 1.54) is 11.3 Å². The maximum atomic E-state index is 12.8. The molecule has 2 N–H and O–H groups in total. The Balaban J connectivity index is 1.30. The number of anilines is 2. The highest BCUT2D eigenvalue weighted by atomic mass is 32.2. The van der Waals surface area contributed by atoms with Crippen molar-refractivity contribution in [3.63, 3.8) is 0 Å². The number of rotatable bonds is 8. The van der Waals surface area contributed by atoms with Gasteiger partial charge in [-0.2, -0.15) is 0 Å². The number of hydrogen-bond acceptors (Lipinski definition) is 7. The smallest absolute Gasteiger partial charge is 0.240 e. The van der Waals surface area contributed by atoms with Crippen LogP contribution < -0.4 is 14.9 Å². The molecular formula is C24H27N5O4S2. The summed E-state index contributed by atoms with van der Waals surface area (Å²) in [6.07, 6.45) is 0.465. The monoisotopic (exact) mass is 513 g/mol. The Morgan fingerprint density at radius 1 is 1.09 bits per heavy atom. The van der Waals surface area contributed by atoms with E-state index in [-0.39, 0.29) is 29.7 Å². The number of nitrogens with zero attached hydrogens (tertiary/aromatic N) is 3. The minimum absolute atomic E-state index is 0.0871. The first-order valence-corrected chi connectivity index (χ1v) is 13.5. The van der Waals surface area contributed by atoms with Gasteiger partial charge >= 0.3 is 0 Å². The summed E-state index contributed by atoms with van der Waals surface area (Å²) in [5.74, 6) is -0.860. The Morgan fingerprint density at radius 3 is 2.51 bits per heavy atom. The zero-order valence-corrected chi connectivity index (χ0v) is 21.4. The van der Waals surface area contributed by atoms with Gasteiger partial charge in [0.2, 0.25) is 27.0 Å². The van der Waals surface area contributed by atoms with Crippen LogP contribution in [-0.4, -0.2) is 43.5 Å². The lowest BCUT2D eigenvalue weighted by atomic mass is 10.1. The Kier molecular flexibility index (Phi) is 7.29. The minimum atomic E-state index is -3.61. The fraction of sp³-hybridized carbons (Fsp3) is 0.333. The first-order valence-electron chi connectivity index (χ1n) is 11.2. The number of hydrogen-bond donors (Lipinski definition) is 2. The molecular weight excluding hydrogens is 486 g/mol. The van der Waals surface area contributed by atoms with E-state index >= 15 is 0 Å². The number of aromatic nitrogens is 2. The summed E-state index contributed by atoms with van der Waals surface area (Å²) in [6.45, 7) is 6.30. The summed E-state index contributed by atoms with van der Waals surface area (Å²) in [4.78, 5) is 27.2. The van der Waals surface area contributed by atoms with Gasteiger partial charge in [-0.05, 0) is 44.5 Å². The standard InChI is InChI=1S/C24H27N5O4S2/c1-15-4-7-19(8-5-15)35(32,33)25-11-10-21-27-28-24(34-21)26-23(31)18-13-22(30)29(14-18)20-9-6-16(2)12-17(20)3/h4-9,12,18,25H,10-11,13-14H2,1-3H3,(H,26,28,31). The number of carbonyl (C=O) groups excluding carboxylic acids is 2. The van der Waals surface area contributed by atoms with Gasteiger partial charge in [-0.15, -0.1) is 10.2 Å². The molecule has 1 unspecified atom stereocenters. The average molecular weight is 514 g/mol. The second-order valence-electron chi connectivity index (χ2n) is 8.65. The predicted molar refractivity (Wildman–Crippen MR) is 135 cm³/mol. The number of aryl methyl sites for hydroxylation is 3. The number of benzene rings is 2. The Bertz CT molecular complexity index is 1350. The number of amides is 2. The van der Waals surface area contributed by atoms with Gasteiger partial charge in [-0.1, -0.05) is 46.7 Å². The maximum Gasteiger partial charge on any atom is 0.240 e. The third-order valence-electron chi connectivity index (χ3n) is 5.80. The summed E-state index contributed by atoms with van der Waals surface area (Å²) in [5.41, 5.74) is 3.91. The van der Waals surface area contributed by atoms with E-state index < -0.39 is 15.9 Å². The van der Waals surface area contributed by atoms with Crippen LogP contribution in [0.15, 0.2) is 47.4 Å². The summed E-state index contributed by atoms with van der Waals surface area (Å²) < 4.78 is 27.3. The molecule has 4 rings (SSSR count). The topological polar surface area (TPSA) is 121 Å². The van der Waals surface area contributed by atoms with Crippen molar-refractivity contribution in [3.05, 3.63) is 64.2 Å². The molecule has 1 saturated heterocycles. The van der Waals surface area contributed by atoms with Crippen molar-refractivity contribution < 1.29 is 18.0 Å². The zero-order chi connectivity index (χ0) is 25.2. The van der Waals surface area contributed by atoms with Crippen LogP contribution in [0.1, 0.15) is 28.1 Å².